The molecule has 0 aliphatic rings. The van der Waals surface area contributed by atoms with E-state index >= 15 is 0 Å². The number of aromatic nitrogens is 3. The van der Waals surface area contributed by atoms with Gasteiger partial charge in [-0.05, 0) is 43.2 Å². The standard InChI is InChI=1S/C27H25ClF2N6O3/c1-14(2)24-15(3)26(36(34-24)18-10-16(29)9-17(30)11-18)35(27(31)38)23-6-5-19(12-21(23)28)39-20-7-8-33-22(13-20)25(37)32-4/h5-14H,1-4H3,(H2,31,38)(H,32,37). The van der Waals surface area contributed by atoms with Crippen LogP contribution in [0.2, 0.25) is 5.02 Å². The van der Waals surface area contributed by atoms with Crippen LogP contribution in [0, 0.1) is 18.6 Å². The Labute approximate surface area is 228 Å². The summed E-state index contributed by atoms with van der Waals surface area (Å²) >= 11 is 6.60. The van der Waals surface area contributed by atoms with E-state index < -0.39 is 17.7 Å². The molecule has 2 heterocycles. The molecule has 4 aromatic rings. The lowest BCUT2D eigenvalue weighted by Gasteiger charge is -2.24. The van der Waals surface area contributed by atoms with Crippen molar-refractivity contribution in [3.05, 3.63) is 88.3 Å². The van der Waals surface area contributed by atoms with Crippen LogP contribution in [0.1, 0.15) is 41.5 Å². The number of anilines is 2. The summed E-state index contributed by atoms with van der Waals surface area (Å²) in [7, 11) is 1.49. The van der Waals surface area contributed by atoms with Crippen molar-refractivity contribution in [2.75, 3.05) is 11.9 Å². The van der Waals surface area contributed by atoms with Gasteiger partial charge in [-0.2, -0.15) is 5.10 Å². The van der Waals surface area contributed by atoms with Crippen LogP contribution < -0.4 is 20.7 Å². The average molecular weight is 555 g/mol. The molecule has 3 amide bonds. The van der Waals surface area contributed by atoms with Crippen molar-refractivity contribution in [1.29, 1.82) is 0 Å². The highest BCUT2D eigenvalue weighted by Gasteiger charge is 2.29. The zero-order valence-corrected chi connectivity index (χ0v) is 22.3. The van der Waals surface area contributed by atoms with E-state index in [2.05, 4.69) is 15.4 Å². The van der Waals surface area contributed by atoms with Crippen LogP contribution in [0.4, 0.5) is 25.1 Å². The number of benzene rings is 2. The number of halogens is 3. The van der Waals surface area contributed by atoms with E-state index in [9.17, 15) is 18.4 Å². The number of carbonyl (C=O) groups excluding carboxylic acids is 2. The van der Waals surface area contributed by atoms with Crippen LogP contribution >= 0.6 is 11.6 Å². The fraction of sp³-hybridized carbons (Fsp3) is 0.185. The molecular weight excluding hydrogens is 530 g/mol. The lowest BCUT2D eigenvalue weighted by molar-refractivity contribution is 0.0957. The molecule has 0 aliphatic carbocycles. The third-order valence-corrected chi connectivity index (χ3v) is 6.09. The molecule has 0 atom stereocenters. The molecule has 0 unspecified atom stereocenters. The number of pyridine rings is 1. The van der Waals surface area contributed by atoms with Gasteiger partial charge in [0.2, 0.25) is 0 Å². The zero-order valence-electron chi connectivity index (χ0n) is 21.5. The Morgan fingerprint density at radius 2 is 1.74 bits per heavy atom. The molecule has 39 heavy (non-hydrogen) atoms. The number of nitrogens with zero attached hydrogens (tertiary/aromatic N) is 4. The molecular formula is C27H25ClF2N6O3. The molecule has 2 aromatic carbocycles. The van der Waals surface area contributed by atoms with Gasteiger partial charge < -0.3 is 15.8 Å². The van der Waals surface area contributed by atoms with Crippen molar-refractivity contribution in [2.45, 2.75) is 26.7 Å². The fourth-order valence-electron chi connectivity index (χ4n) is 4.09. The van der Waals surface area contributed by atoms with Gasteiger partial charge in [0.1, 0.15) is 34.6 Å². The Bertz CT molecular complexity index is 1550. The minimum Gasteiger partial charge on any atom is -0.457 e. The Hall–Kier alpha value is -4.51. The third-order valence-electron chi connectivity index (χ3n) is 5.79. The van der Waals surface area contributed by atoms with Crippen LogP contribution in [-0.4, -0.2) is 33.8 Å². The number of hydrogen-bond acceptors (Lipinski definition) is 5. The summed E-state index contributed by atoms with van der Waals surface area (Å²) in [6, 6.07) is 9.61. The van der Waals surface area contributed by atoms with Crippen LogP contribution in [0.25, 0.3) is 5.69 Å². The summed E-state index contributed by atoms with van der Waals surface area (Å²) in [5.74, 6) is -1.25. The van der Waals surface area contributed by atoms with Crippen LogP contribution in [-0.2, 0) is 0 Å². The largest absolute Gasteiger partial charge is 0.457 e. The average Bonchev–Trinajstić information content (AvgIpc) is 3.21. The van der Waals surface area contributed by atoms with Gasteiger partial charge in [0, 0.05) is 37.0 Å². The number of rotatable bonds is 7. The number of urea groups is 1. The molecule has 3 N–H and O–H groups in total. The molecule has 0 aliphatic heterocycles. The number of primary amides is 1. The van der Waals surface area contributed by atoms with Gasteiger partial charge in [-0.3, -0.25) is 9.78 Å². The minimum absolute atomic E-state index is 0.0597. The van der Waals surface area contributed by atoms with Gasteiger partial charge in [0.15, 0.2) is 0 Å². The maximum Gasteiger partial charge on any atom is 0.325 e. The summed E-state index contributed by atoms with van der Waals surface area (Å²) in [6.45, 7) is 5.54. The molecule has 0 spiro atoms. The number of nitrogens with one attached hydrogen (secondary N) is 1. The van der Waals surface area contributed by atoms with Crippen LogP contribution in [0.5, 0.6) is 11.5 Å². The fourth-order valence-corrected chi connectivity index (χ4v) is 4.34. The lowest BCUT2D eigenvalue weighted by atomic mass is 10.1. The first-order valence-electron chi connectivity index (χ1n) is 11.8. The van der Waals surface area contributed by atoms with Gasteiger partial charge in [-0.1, -0.05) is 25.4 Å². The first-order valence-corrected chi connectivity index (χ1v) is 12.2. The van der Waals surface area contributed by atoms with E-state index in [1.807, 2.05) is 13.8 Å². The molecule has 12 heteroatoms. The predicted molar refractivity (Wildman–Crippen MR) is 143 cm³/mol. The summed E-state index contributed by atoms with van der Waals surface area (Å²) in [6.07, 6.45) is 1.43. The molecule has 4 rings (SSSR count). The van der Waals surface area contributed by atoms with Crippen molar-refractivity contribution in [3.63, 3.8) is 0 Å². The highest BCUT2D eigenvalue weighted by Crippen LogP contribution is 2.40. The quantitative estimate of drug-likeness (QED) is 0.291. The zero-order chi connectivity index (χ0) is 28.4. The van der Waals surface area contributed by atoms with E-state index in [-0.39, 0.29) is 39.7 Å². The number of ether oxygens (including phenoxy) is 1. The van der Waals surface area contributed by atoms with Gasteiger partial charge in [-0.15, -0.1) is 0 Å². The Kier molecular flexibility index (Phi) is 7.82. The summed E-state index contributed by atoms with van der Waals surface area (Å²) < 4.78 is 35.3. The molecule has 0 radical (unpaired) electrons. The molecule has 202 valence electrons. The molecule has 0 bridgehead atoms. The van der Waals surface area contributed by atoms with Gasteiger partial charge in [0.05, 0.1) is 22.1 Å². The predicted octanol–water partition coefficient (Wildman–Crippen LogP) is 6.00. The first kappa shape index (κ1) is 27.5. The van der Waals surface area contributed by atoms with Crippen molar-refractivity contribution in [1.82, 2.24) is 20.1 Å². The van der Waals surface area contributed by atoms with Gasteiger partial charge in [0.25, 0.3) is 5.91 Å². The number of amides is 3. The topological polar surface area (TPSA) is 115 Å². The Balaban J connectivity index is 1.79. The summed E-state index contributed by atoms with van der Waals surface area (Å²) in [4.78, 5) is 29.8. The molecule has 9 nitrogen and oxygen atoms in total. The van der Waals surface area contributed by atoms with Crippen molar-refractivity contribution < 1.29 is 23.1 Å². The van der Waals surface area contributed by atoms with Crippen molar-refractivity contribution >= 4 is 35.0 Å². The smallest absolute Gasteiger partial charge is 0.325 e. The second-order valence-corrected chi connectivity index (χ2v) is 9.28. The van der Waals surface area contributed by atoms with Crippen LogP contribution in [0.3, 0.4) is 0 Å². The monoisotopic (exact) mass is 554 g/mol. The minimum atomic E-state index is -0.897. The maximum atomic E-state index is 14.1. The van der Waals surface area contributed by atoms with Gasteiger partial charge in [-0.25, -0.2) is 23.2 Å². The van der Waals surface area contributed by atoms with E-state index in [0.717, 1.165) is 23.1 Å². The highest BCUT2D eigenvalue weighted by molar-refractivity contribution is 6.34. The molecule has 0 saturated heterocycles. The normalized spacial score (nSPS) is 11.0. The summed E-state index contributed by atoms with van der Waals surface area (Å²) in [5.41, 5.74) is 7.40. The maximum absolute atomic E-state index is 14.1. The van der Waals surface area contributed by atoms with E-state index in [1.54, 1.807) is 19.1 Å². The Morgan fingerprint density at radius 1 is 1.08 bits per heavy atom. The highest BCUT2D eigenvalue weighted by atomic mass is 35.5. The van der Waals surface area contributed by atoms with Gasteiger partial charge >= 0.3 is 6.03 Å². The van der Waals surface area contributed by atoms with E-state index in [0.29, 0.717) is 22.8 Å². The van der Waals surface area contributed by atoms with E-state index in [1.165, 1.54) is 36.1 Å². The first-order chi connectivity index (χ1) is 18.5. The number of nitrogens with two attached hydrogens (primary N) is 1. The number of hydrogen-bond donors (Lipinski definition) is 2. The number of carbonyl (C=O) groups is 2. The lowest BCUT2D eigenvalue weighted by Crippen LogP contribution is -2.33. The Morgan fingerprint density at radius 3 is 2.33 bits per heavy atom. The van der Waals surface area contributed by atoms with Crippen molar-refractivity contribution in [3.8, 4) is 17.2 Å². The van der Waals surface area contributed by atoms with Crippen molar-refractivity contribution in [2.24, 2.45) is 5.73 Å². The second kappa shape index (κ2) is 11.1. The third kappa shape index (κ3) is 5.68. The molecule has 2 aromatic heterocycles. The summed E-state index contributed by atoms with van der Waals surface area (Å²) in [5, 5.41) is 7.13. The van der Waals surface area contributed by atoms with E-state index in [4.69, 9.17) is 22.1 Å². The molecule has 0 fully saturated rings. The second-order valence-electron chi connectivity index (χ2n) is 8.87. The SMILES string of the molecule is CNC(=O)c1cc(Oc2ccc(N(C(N)=O)c3c(C)c(C(C)C)nn3-c3cc(F)cc(F)c3)c(Cl)c2)ccn1. The van der Waals surface area contributed by atoms with Crippen LogP contribution in [0.15, 0.2) is 54.7 Å². The molecule has 0 saturated carbocycles.